The van der Waals surface area contributed by atoms with Crippen molar-refractivity contribution in [3.8, 4) is 0 Å². The Kier molecular flexibility index (Phi) is 45.9. The van der Waals surface area contributed by atoms with Crippen molar-refractivity contribution in [1.29, 1.82) is 0 Å². The van der Waals surface area contributed by atoms with E-state index in [1.165, 1.54) is 33.1 Å². The Morgan fingerprint density at radius 2 is 1.29 bits per heavy atom. The van der Waals surface area contributed by atoms with E-state index < -0.39 is 66.4 Å². The van der Waals surface area contributed by atoms with Gasteiger partial charge in [0.25, 0.3) is 5.91 Å². The largest absolute Gasteiger partial charge is 0.445 e. The molecule has 0 unspecified atom stereocenters. The number of nitrogens with two attached hydrogens (primary N) is 1. The summed E-state index contributed by atoms with van der Waals surface area (Å²) in [6, 6.07) is 17.8. The maximum atomic E-state index is 14.6. The number of carbonyl (C=O) groups excluding carboxylic acids is 10. The van der Waals surface area contributed by atoms with Gasteiger partial charge in [-0.25, -0.2) is 19.6 Å². The normalized spacial score (nSPS) is 15.7. The number of aliphatic hydroxyl groups excluding tert-OH is 1. The number of nitrogens with one attached hydrogen (secondary N) is 5. The predicted molar refractivity (Wildman–Crippen MR) is 448 cm³/mol. The highest BCUT2D eigenvalue weighted by Gasteiger charge is 2.44. The monoisotopic (exact) mass is 1740 g/mol. The highest BCUT2D eigenvalue weighted by atomic mass is 79.9. The molecule has 5 rings (SSSR count). The fourth-order valence-electron chi connectivity index (χ4n) is 14.0. The smallest absolute Gasteiger partial charge is 0.410 e. The molecule has 2 heterocycles. The van der Waals surface area contributed by atoms with E-state index in [1.807, 2.05) is 80.5 Å². The number of halogens is 2. The molecule has 1 aliphatic rings. The number of aliphatic hydroxyl groups is 1. The Morgan fingerprint density at radius 3 is 1.84 bits per heavy atom. The molecule has 1 aliphatic heterocycles. The number of primary amides is 1. The van der Waals surface area contributed by atoms with Crippen molar-refractivity contribution in [1.82, 2.24) is 45.9 Å². The number of methoxy groups -OCH3 is 2. The van der Waals surface area contributed by atoms with E-state index in [4.69, 9.17) is 38.9 Å². The molecule has 115 heavy (non-hydrogen) atoms. The zero-order chi connectivity index (χ0) is 85.4. The van der Waals surface area contributed by atoms with Crippen LogP contribution in [0.2, 0.25) is 0 Å². The standard InChI is InChI=1S/C50H77N5O10.C34H52Br2N6O8/c1-14-32(6)45(42(63-12)28-43(58)55-26-18-21-40(55)47(64-13)33(7)48(60)51-34(8)46(59)37-19-16-15-17-20-37)53(10)49(61)39(30(2)3)27-41(57)44(31(4)5)54(11)50(62)65-29-36-22-24-38(25-23-36)52-35(9)56;1-23(2)32(30(43)19-24(3)5-4-9-39-34(37)46)42-31(44)8-11-47-13-15-49-17-18-50-16-14-48-12-10-38-33(45)25-6-7-26-27(20-25)41-29(22-36)28(21-35)40-26/h15-17,19-20,22-25,30-34,39-40,42,44-47,59H,14,18,21,26-29H2,1-13H3,(H,51,60)(H,52,56);6-7,20,23-24,32H,4-5,8-19,21-22H2,1-3H3,(H,38,45)(H,42,44)(H3,37,39,46)/t32-,33+,34+,39-,40-,42+,44-,45-,46+,47+;24-,32+/m01/s1. The van der Waals surface area contributed by atoms with Gasteiger partial charge in [-0.05, 0) is 104 Å². The number of aromatic nitrogens is 2. The second-order valence-corrected chi connectivity index (χ2v) is 31.7. The van der Waals surface area contributed by atoms with Crippen LogP contribution in [0, 0.1) is 41.4 Å². The van der Waals surface area contributed by atoms with Crippen molar-refractivity contribution in [2.45, 2.75) is 207 Å². The number of hydrogen-bond donors (Lipinski definition) is 7. The topological polar surface area (TPSA) is 377 Å². The third-order valence-corrected chi connectivity index (χ3v) is 21.7. The summed E-state index contributed by atoms with van der Waals surface area (Å²) in [7, 11) is 6.31. The molecule has 0 bridgehead atoms. The van der Waals surface area contributed by atoms with Crippen LogP contribution in [0.25, 0.3) is 11.0 Å². The van der Waals surface area contributed by atoms with Crippen LogP contribution in [-0.4, -0.2) is 232 Å². The lowest BCUT2D eigenvalue weighted by Gasteiger charge is -2.41. The zero-order valence-corrected chi connectivity index (χ0v) is 73.5. The Morgan fingerprint density at radius 1 is 0.678 bits per heavy atom. The highest BCUT2D eigenvalue weighted by Crippen LogP contribution is 2.32. The average Bonchev–Trinajstić information content (AvgIpc) is 1.73. The van der Waals surface area contributed by atoms with Gasteiger partial charge in [0.15, 0.2) is 11.6 Å². The molecule has 0 radical (unpaired) electrons. The lowest BCUT2D eigenvalue weighted by atomic mass is 9.83. The second-order valence-electron chi connectivity index (χ2n) is 30.5. The Balaban J connectivity index is 0.000000501. The molecule has 1 aromatic heterocycles. The summed E-state index contributed by atoms with van der Waals surface area (Å²) in [4.78, 5) is 144. The van der Waals surface area contributed by atoms with Gasteiger partial charge in [0.1, 0.15) is 6.61 Å². The van der Waals surface area contributed by atoms with E-state index in [0.29, 0.717) is 124 Å². The molecule has 3 aromatic carbocycles. The number of carbonyl (C=O) groups is 10. The van der Waals surface area contributed by atoms with Gasteiger partial charge >= 0.3 is 12.1 Å². The van der Waals surface area contributed by atoms with E-state index in [-0.39, 0.29) is 115 Å². The molecule has 642 valence electrons. The first-order chi connectivity index (χ1) is 54.7. The number of benzene rings is 3. The number of amides is 9. The molecule has 4 aromatic rings. The molecule has 0 spiro atoms. The number of fused-ring (bicyclic) bond motifs is 1. The summed E-state index contributed by atoms with van der Waals surface area (Å²) < 4.78 is 39.6. The maximum absolute atomic E-state index is 14.6. The van der Waals surface area contributed by atoms with Crippen LogP contribution in [0.3, 0.4) is 0 Å². The number of Topliss-reactive ketones (excluding diaryl/α,β-unsaturated/α-hetero) is 2. The van der Waals surface area contributed by atoms with Gasteiger partial charge in [-0.15, -0.1) is 0 Å². The number of nitrogens with zero attached hydrogens (tertiary/aromatic N) is 5. The predicted octanol–water partition coefficient (Wildman–Crippen LogP) is 10.4. The molecule has 31 heteroatoms. The van der Waals surface area contributed by atoms with Gasteiger partial charge < -0.3 is 85.3 Å². The summed E-state index contributed by atoms with van der Waals surface area (Å²) in [5.41, 5.74) is 10.7. The van der Waals surface area contributed by atoms with Crippen molar-refractivity contribution >= 4 is 108 Å². The number of likely N-dealkylation sites (tertiary alicyclic amines) is 1. The van der Waals surface area contributed by atoms with Crippen LogP contribution >= 0.6 is 31.9 Å². The molecule has 29 nitrogen and oxygen atoms in total. The SMILES string of the molecule is CC(C)[C@H](NC(=O)CCOCCOCCOCCOCCNC(=O)c1ccc2nc(CBr)c(CBr)nc2c1)C(=O)C[C@H](C)CCCNC(N)=O.CC[C@H](C)[C@@H]([C@@H](CC(=O)N1CCC[C@H]1[C@H](OC)[C@@H](C)C(=O)N[C@H](C)[C@@H](O)c1ccccc1)OC)N(C)C(=O)[C@@H](CC(=O)[C@H](C(C)C)N(C)C(=O)OCc1ccc(NC(C)=O)cc1)C(C)C. The van der Waals surface area contributed by atoms with Crippen molar-refractivity contribution in [3.63, 3.8) is 0 Å². The van der Waals surface area contributed by atoms with Crippen LogP contribution in [-0.2, 0) is 84.0 Å². The van der Waals surface area contributed by atoms with Crippen molar-refractivity contribution in [2.75, 3.05) is 106 Å². The third-order valence-electron chi connectivity index (χ3n) is 20.6. The van der Waals surface area contributed by atoms with Crippen molar-refractivity contribution in [3.05, 3.63) is 101 Å². The summed E-state index contributed by atoms with van der Waals surface area (Å²) in [5, 5.41) is 25.9. The van der Waals surface area contributed by atoms with Gasteiger partial charge in [0.05, 0.1) is 136 Å². The molecular weight excluding hydrogens is 1610 g/mol. The first-order valence-corrected chi connectivity index (χ1v) is 42.3. The van der Waals surface area contributed by atoms with E-state index >= 15 is 0 Å². The number of likely N-dealkylation sites (N-methyl/N-ethyl adjacent to an activating group) is 2. The number of hydrogen-bond acceptors (Lipinski definition) is 20. The van der Waals surface area contributed by atoms with Crippen molar-refractivity contribution in [2.24, 2.45) is 47.2 Å². The Hall–Kier alpha value is -7.62. The average molecular weight is 1740 g/mol. The van der Waals surface area contributed by atoms with Crippen molar-refractivity contribution < 1.29 is 86.2 Å². The molecule has 1 saturated heterocycles. The maximum Gasteiger partial charge on any atom is 0.410 e. The fraction of sp³-hybridized carbons (Fsp3) is 0.643. The van der Waals surface area contributed by atoms with Crippen LogP contribution in [0.15, 0.2) is 72.8 Å². The number of ketones is 2. The van der Waals surface area contributed by atoms with Crippen LogP contribution in [0.5, 0.6) is 0 Å². The van der Waals surface area contributed by atoms with Gasteiger partial charge in [-0.3, -0.25) is 38.4 Å². The van der Waals surface area contributed by atoms with Crippen LogP contribution in [0.4, 0.5) is 15.3 Å². The minimum atomic E-state index is -0.904. The number of ether oxygens (including phenoxy) is 7. The van der Waals surface area contributed by atoms with Gasteiger partial charge in [-0.1, -0.05) is 150 Å². The summed E-state index contributed by atoms with van der Waals surface area (Å²) >= 11 is 6.86. The fourth-order valence-corrected chi connectivity index (χ4v) is 14.9. The van der Waals surface area contributed by atoms with E-state index in [2.05, 4.69) is 68.4 Å². The van der Waals surface area contributed by atoms with E-state index in [0.717, 1.165) is 36.2 Å². The number of alkyl halides is 2. The van der Waals surface area contributed by atoms with E-state index in [1.54, 1.807) is 85.3 Å². The molecule has 9 amide bonds. The summed E-state index contributed by atoms with van der Waals surface area (Å²) in [5.74, 6) is -3.52. The highest BCUT2D eigenvalue weighted by molar-refractivity contribution is 9.09. The van der Waals surface area contributed by atoms with Gasteiger partial charge in [0, 0.05) is 102 Å². The third kappa shape index (κ3) is 33.7. The molecule has 0 aliphatic carbocycles. The first kappa shape index (κ1) is 99.7. The summed E-state index contributed by atoms with van der Waals surface area (Å²) in [6.45, 7) is 26.3. The quantitative estimate of drug-likeness (QED) is 0.0159. The van der Waals surface area contributed by atoms with Gasteiger partial charge in [0.2, 0.25) is 29.5 Å². The van der Waals surface area contributed by atoms with Crippen LogP contribution in [0.1, 0.15) is 180 Å². The molecule has 1 fully saturated rings. The molecule has 0 saturated carbocycles. The summed E-state index contributed by atoms with van der Waals surface area (Å²) in [6.07, 6.45) is 1.02. The number of rotatable bonds is 51. The minimum absolute atomic E-state index is 0.00180. The Labute approximate surface area is 696 Å². The minimum Gasteiger partial charge on any atom is -0.445 e. The number of urea groups is 1. The first-order valence-electron chi connectivity index (χ1n) is 40.0. The lowest BCUT2D eigenvalue weighted by molar-refractivity contribution is -0.149. The second kappa shape index (κ2) is 52.9. The Bertz CT molecular complexity index is 3680. The van der Waals surface area contributed by atoms with Crippen LogP contribution < -0.4 is 32.3 Å². The van der Waals surface area contributed by atoms with E-state index in [9.17, 15) is 53.1 Å². The van der Waals surface area contributed by atoms with Gasteiger partial charge in [-0.2, -0.15) is 0 Å². The zero-order valence-electron chi connectivity index (χ0n) is 70.3. The molecular formula is C84H129Br2N11O18. The molecule has 12 atom stereocenters. The lowest BCUT2D eigenvalue weighted by Crippen LogP contribution is -2.55. The number of anilines is 1. The molecule has 8 N–H and O–H groups in total.